The van der Waals surface area contributed by atoms with E-state index in [0.717, 1.165) is 0 Å². The van der Waals surface area contributed by atoms with Gasteiger partial charge in [0.15, 0.2) is 0 Å². The minimum Gasteiger partial charge on any atom is -0.480 e. The minimum absolute atomic E-state index is 0.0219. The Hall–Kier alpha value is -1.67. The largest absolute Gasteiger partial charge is 0.480 e. The van der Waals surface area contributed by atoms with Gasteiger partial charge in [-0.2, -0.15) is 0 Å². The molecule has 0 aromatic heterocycles. The van der Waals surface area contributed by atoms with Gasteiger partial charge >= 0.3 is 5.97 Å². The fourth-order valence-corrected chi connectivity index (χ4v) is 2.25. The van der Waals surface area contributed by atoms with Crippen molar-refractivity contribution in [3.63, 3.8) is 0 Å². The number of carboxylic acids is 1. The van der Waals surface area contributed by atoms with Gasteiger partial charge < -0.3 is 20.4 Å². The molecule has 2 amide bonds. The molecular formula is C14H25N3O5. The third-order valence-corrected chi connectivity index (χ3v) is 3.82. The maximum atomic E-state index is 12.3. The average molecular weight is 315 g/mol. The standard InChI is InChI=1S/C14H25N3O5/c1-8(2)10(18)11(19)16-9(3)12(20)17-6-5-15-14(4,7-17)13(21)22/h8-10,15,18H,5-7H2,1-4H3,(H,16,19)(H,21,22)/t9-,10-,14?/m0/s1. The monoisotopic (exact) mass is 315 g/mol. The van der Waals surface area contributed by atoms with Gasteiger partial charge in [0, 0.05) is 19.6 Å². The summed E-state index contributed by atoms with van der Waals surface area (Å²) in [6, 6.07) is -0.822. The highest BCUT2D eigenvalue weighted by Gasteiger charge is 2.40. The topological polar surface area (TPSA) is 119 Å². The number of hydrogen-bond acceptors (Lipinski definition) is 5. The molecule has 0 bridgehead atoms. The van der Waals surface area contributed by atoms with E-state index in [0.29, 0.717) is 13.1 Å². The average Bonchev–Trinajstić information content (AvgIpc) is 2.45. The molecule has 0 aliphatic carbocycles. The first-order chi connectivity index (χ1) is 10.1. The van der Waals surface area contributed by atoms with Gasteiger partial charge in [-0.05, 0) is 19.8 Å². The number of carbonyl (C=O) groups is 3. The Labute approximate surface area is 129 Å². The highest BCUT2D eigenvalue weighted by Crippen LogP contribution is 2.13. The molecule has 1 saturated heterocycles. The van der Waals surface area contributed by atoms with Crippen LogP contribution in [-0.2, 0) is 14.4 Å². The minimum atomic E-state index is -1.20. The van der Waals surface area contributed by atoms with Crippen molar-refractivity contribution in [1.82, 2.24) is 15.5 Å². The lowest BCUT2D eigenvalue weighted by Gasteiger charge is -2.39. The molecule has 0 aromatic carbocycles. The van der Waals surface area contributed by atoms with E-state index in [1.165, 1.54) is 18.7 Å². The van der Waals surface area contributed by atoms with Gasteiger partial charge in [0.1, 0.15) is 17.7 Å². The van der Waals surface area contributed by atoms with Gasteiger partial charge in [0.25, 0.3) is 0 Å². The number of nitrogens with zero attached hydrogens (tertiary/aromatic N) is 1. The Morgan fingerprint density at radius 2 is 1.86 bits per heavy atom. The molecule has 0 radical (unpaired) electrons. The van der Waals surface area contributed by atoms with E-state index in [9.17, 15) is 24.6 Å². The summed E-state index contributed by atoms with van der Waals surface area (Å²) in [4.78, 5) is 36.8. The van der Waals surface area contributed by atoms with Gasteiger partial charge in [-0.15, -0.1) is 0 Å². The van der Waals surface area contributed by atoms with E-state index in [1.54, 1.807) is 13.8 Å². The molecule has 0 saturated carbocycles. The summed E-state index contributed by atoms with van der Waals surface area (Å²) in [5.41, 5.74) is -1.20. The van der Waals surface area contributed by atoms with Gasteiger partial charge in [0.2, 0.25) is 11.8 Å². The second-order valence-corrected chi connectivity index (χ2v) is 6.24. The molecule has 1 aliphatic heterocycles. The third kappa shape index (κ3) is 4.17. The summed E-state index contributed by atoms with van der Waals surface area (Å²) < 4.78 is 0. The van der Waals surface area contributed by atoms with Crippen LogP contribution in [0.25, 0.3) is 0 Å². The fraction of sp³-hybridized carbons (Fsp3) is 0.786. The highest BCUT2D eigenvalue weighted by atomic mass is 16.4. The lowest BCUT2D eigenvalue weighted by molar-refractivity contribution is -0.149. The number of piperazine rings is 1. The van der Waals surface area contributed by atoms with E-state index < -0.39 is 29.6 Å². The number of aliphatic hydroxyl groups excluding tert-OH is 1. The first kappa shape index (κ1) is 18.4. The van der Waals surface area contributed by atoms with Crippen molar-refractivity contribution in [2.24, 2.45) is 5.92 Å². The molecular weight excluding hydrogens is 290 g/mol. The number of carbonyl (C=O) groups excluding carboxylic acids is 2. The molecule has 1 aliphatic rings. The van der Waals surface area contributed by atoms with Crippen LogP contribution in [0.1, 0.15) is 27.7 Å². The van der Waals surface area contributed by atoms with Crippen LogP contribution in [0, 0.1) is 5.92 Å². The first-order valence-electron chi connectivity index (χ1n) is 7.34. The Kier molecular flexibility index (Phi) is 5.90. The predicted molar refractivity (Wildman–Crippen MR) is 79.1 cm³/mol. The summed E-state index contributed by atoms with van der Waals surface area (Å²) in [7, 11) is 0. The van der Waals surface area contributed by atoms with Crippen LogP contribution in [0.2, 0.25) is 0 Å². The molecule has 1 fully saturated rings. The van der Waals surface area contributed by atoms with Crippen LogP contribution in [0.15, 0.2) is 0 Å². The summed E-state index contributed by atoms with van der Waals surface area (Å²) >= 11 is 0. The number of rotatable bonds is 5. The fourth-order valence-electron chi connectivity index (χ4n) is 2.25. The summed E-state index contributed by atoms with van der Waals surface area (Å²) in [5.74, 6) is -2.25. The van der Waals surface area contributed by atoms with E-state index in [2.05, 4.69) is 10.6 Å². The summed E-state index contributed by atoms with van der Waals surface area (Å²) in [6.07, 6.45) is -1.18. The lowest BCUT2D eigenvalue weighted by Crippen LogP contribution is -2.65. The van der Waals surface area contributed by atoms with E-state index in [-0.39, 0.29) is 18.4 Å². The zero-order valence-electron chi connectivity index (χ0n) is 13.4. The number of nitrogens with one attached hydrogen (secondary N) is 2. The van der Waals surface area contributed by atoms with Crippen molar-refractivity contribution < 1.29 is 24.6 Å². The van der Waals surface area contributed by atoms with E-state index in [4.69, 9.17) is 0 Å². The maximum Gasteiger partial charge on any atom is 0.325 e. The van der Waals surface area contributed by atoms with Crippen LogP contribution in [0.4, 0.5) is 0 Å². The lowest BCUT2D eigenvalue weighted by atomic mass is 9.99. The molecule has 0 spiro atoms. The van der Waals surface area contributed by atoms with Crippen molar-refractivity contribution in [2.75, 3.05) is 19.6 Å². The Morgan fingerprint density at radius 3 is 2.36 bits per heavy atom. The second kappa shape index (κ2) is 7.06. The van der Waals surface area contributed by atoms with Crippen LogP contribution < -0.4 is 10.6 Å². The van der Waals surface area contributed by atoms with Crippen LogP contribution in [0.5, 0.6) is 0 Å². The van der Waals surface area contributed by atoms with Crippen LogP contribution in [-0.4, -0.2) is 70.2 Å². The zero-order chi connectivity index (χ0) is 17.1. The smallest absolute Gasteiger partial charge is 0.325 e. The maximum absolute atomic E-state index is 12.3. The first-order valence-corrected chi connectivity index (χ1v) is 7.34. The normalized spacial score (nSPS) is 24.7. The third-order valence-electron chi connectivity index (χ3n) is 3.82. The summed E-state index contributed by atoms with van der Waals surface area (Å²) in [5, 5.41) is 24.2. The molecule has 3 atom stereocenters. The molecule has 1 unspecified atom stereocenters. The SMILES string of the molecule is CC(C)[C@H](O)C(=O)N[C@@H](C)C(=O)N1CCNC(C)(C(=O)O)C1. The van der Waals surface area contributed by atoms with Crippen molar-refractivity contribution in [2.45, 2.75) is 45.4 Å². The van der Waals surface area contributed by atoms with Gasteiger partial charge in [-0.1, -0.05) is 13.8 Å². The van der Waals surface area contributed by atoms with Crippen molar-refractivity contribution >= 4 is 17.8 Å². The number of aliphatic hydroxyl groups is 1. The molecule has 22 heavy (non-hydrogen) atoms. The summed E-state index contributed by atoms with van der Waals surface area (Å²) in [6.45, 7) is 7.19. The Morgan fingerprint density at radius 1 is 1.27 bits per heavy atom. The zero-order valence-corrected chi connectivity index (χ0v) is 13.4. The van der Waals surface area contributed by atoms with Crippen LogP contribution in [0.3, 0.4) is 0 Å². The van der Waals surface area contributed by atoms with Gasteiger partial charge in [0.05, 0.1) is 0 Å². The Bertz CT molecular complexity index is 454. The Balaban J connectivity index is 2.67. The number of aliphatic carboxylic acids is 1. The molecule has 126 valence electrons. The van der Waals surface area contributed by atoms with Crippen molar-refractivity contribution in [1.29, 1.82) is 0 Å². The van der Waals surface area contributed by atoms with E-state index >= 15 is 0 Å². The van der Waals surface area contributed by atoms with Crippen molar-refractivity contribution in [3.8, 4) is 0 Å². The van der Waals surface area contributed by atoms with Crippen molar-refractivity contribution in [3.05, 3.63) is 0 Å². The molecule has 8 heteroatoms. The number of amides is 2. The van der Waals surface area contributed by atoms with Gasteiger partial charge in [-0.25, -0.2) is 0 Å². The number of hydrogen-bond donors (Lipinski definition) is 4. The molecule has 1 rings (SSSR count). The molecule has 8 nitrogen and oxygen atoms in total. The quantitative estimate of drug-likeness (QED) is 0.505. The molecule has 4 N–H and O–H groups in total. The van der Waals surface area contributed by atoms with E-state index in [1.807, 2.05) is 0 Å². The van der Waals surface area contributed by atoms with Gasteiger partial charge in [-0.3, -0.25) is 19.7 Å². The predicted octanol–water partition coefficient (Wildman–Crippen LogP) is -1.22. The second-order valence-electron chi connectivity index (χ2n) is 6.24. The number of carboxylic acid groups (broad SMARTS) is 1. The highest BCUT2D eigenvalue weighted by molar-refractivity contribution is 5.90. The molecule has 0 aromatic rings. The molecule has 1 heterocycles. The van der Waals surface area contributed by atoms with Crippen LogP contribution >= 0.6 is 0 Å².